The molecule has 0 saturated heterocycles. The number of carbonyl (C=O) groups is 1. The summed E-state index contributed by atoms with van der Waals surface area (Å²) < 4.78 is 7.81. The van der Waals surface area contributed by atoms with Crippen molar-refractivity contribution >= 4 is 45.9 Å². The van der Waals surface area contributed by atoms with Crippen LogP contribution in [0.15, 0.2) is 70.8 Å². The Morgan fingerprint density at radius 1 is 1.22 bits per heavy atom. The Bertz CT molecular complexity index is 1260. The number of aromatic nitrogens is 3. The molecule has 2 aromatic carbocycles. The third kappa shape index (κ3) is 4.89. The van der Waals surface area contributed by atoms with Crippen LogP contribution < -0.4 is 5.32 Å². The number of fused-ring (bicyclic) bond motifs is 1. The number of hydrogen-bond acceptors (Lipinski definition) is 5. The lowest BCUT2D eigenvalue weighted by atomic mass is 10.0. The molecule has 0 spiro atoms. The van der Waals surface area contributed by atoms with E-state index in [2.05, 4.69) is 35.9 Å². The van der Waals surface area contributed by atoms with Crippen LogP contribution in [0.4, 0.5) is 5.69 Å². The van der Waals surface area contributed by atoms with Gasteiger partial charge in [-0.25, -0.2) is 0 Å². The Hall–Kier alpha value is -3.03. The second-order valence-electron chi connectivity index (χ2n) is 7.61. The van der Waals surface area contributed by atoms with Crippen molar-refractivity contribution in [2.24, 2.45) is 0 Å². The van der Waals surface area contributed by atoms with Gasteiger partial charge in [-0.1, -0.05) is 55.4 Å². The monoisotopic (exact) mass is 466 g/mol. The Balaban J connectivity index is 1.48. The van der Waals surface area contributed by atoms with E-state index in [4.69, 9.17) is 16.0 Å². The molecule has 0 saturated carbocycles. The van der Waals surface area contributed by atoms with Crippen molar-refractivity contribution in [1.29, 1.82) is 0 Å². The van der Waals surface area contributed by atoms with Crippen molar-refractivity contribution in [3.05, 3.63) is 71.8 Å². The van der Waals surface area contributed by atoms with Gasteiger partial charge in [-0.15, -0.1) is 16.8 Å². The second-order valence-corrected chi connectivity index (χ2v) is 8.99. The molecule has 164 valence electrons. The SMILES string of the molecule is C=CCn1c(SCC(=O)Nc2ccc(C(C)C)cc2)nnc1-c1cc2cc(Cl)ccc2o1. The quantitative estimate of drug-likeness (QED) is 0.241. The van der Waals surface area contributed by atoms with Gasteiger partial charge in [-0.05, 0) is 47.9 Å². The smallest absolute Gasteiger partial charge is 0.234 e. The maximum Gasteiger partial charge on any atom is 0.234 e. The van der Waals surface area contributed by atoms with Gasteiger partial charge in [-0.3, -0.25) is 9.36 Å². The maximum atomic E-state index is 12.5. The summed E-state index contributed by atoms with van der Waals surface area (Å²) in [4.78, 5) is 12.5. The number of nitrogens with zero attached hydrogens (tertiary/aromatic N) is 3. The van der Waals surface area contributed by atoms with Crippen molar-refractivity contribution in [1.82, 2.24) is 14.8 Å². The minimum atomic E-state index is -0.111. The topological polar surface area (TPSA) is 73.0 Å². The summed E-state index contributed by atoms with van der Waals surface area (Å²) in [5, 5.41) is 13.6. The van der Waals surface area contributed by atoms with Crippen molar-refractivity contribution in [2.75, 3.05) is 11.1 Å². The van der Waals surface area contributed by atoms with Crippen LogP contribution in [-0.2, 0) is 11.3 Å². The molecule has 6 nitrogen and oxygen atoms in total. The second kappa shape index (κ2) is 9.63. The average Bonchev–Trinajstić information content (AvgIpc) is 3.36. The van der Waals surface area contributed by atoms with Gasteiger partial charge >= 0.3 is 0 Å². The van der Waals surface area contributed by atoms with Gasteiger partial charge in [0.1, 0.15) is 5.58 Å². The van der Waals surface area contributed by atoms with E-state index in [1.165, 1.54) is 17.3 Å². The van der Waals surface area contributed by atoms with Gasteiger partial charge in [0.15, 0.2) is 10.9 Å². The molecule has 0 atom stereocenters. The molecule has 2 aromatic heterocycles. The zero-order valence-electron chi connectivity index (χ0n) is 17.8. The summed E-state index contributed by atoms with van der Waals surface area (Å²) in [6.45, 7) is 8.58. The van der Waals surface area contributed by atoms with Gasteiger partial charge < -0.3 is 9.73 Å². The molecule has 0 bridgehead atoms. The first-order valence-corrected chi connectivity index (χ1v) is 11.6. The first kappa shape index (κ1) is 22.2. The fourth-order valence-corrected chi connectivity index (χ4v) is 4.20. The molecule has 4 aromatic rings. The fourth-order valence-electron chi connectivity index (χ4n) is 3.27. The number of hydrogen-bond donors (Lipinski definition) is 1. The highest BCUT2D eigenvalue weighted by molar-refractivity contribution is 7.99. The number of allylic oxidation sites excluding steroid dienone is 1. The first-order valence-electron chi connectivity index (χ1n) is 10.2. The zero-order chi connectivity index (χ0) is 22.7. The van der Waals surface area contributed by atoms with Crippen LogP contribution in [0, 0.1) is 0 Å². The molecule has 1 N–H and O–H groups in total. The normalized spacial score (nSPS) is 11.2. The number of amides is 1. The summed E-state index contributed by atoms with van der Waals surface area (Å²) in [6.07, 6.45) is 1.76. The molecule has 0 aliphatic rings. The summed E-state index contributed by atoms with van der Waals surface area (Å²) >= 11 is 7.39. The largest absolute Gasteiger partial charge is 0.453 e. The molecule has 0 aliphatic carbocycles. The van der Waals surface area contributed by atoms with Crippen molar-refractivity contribution in [2.45, 2.75) is 31.5 Å². The molecule has 0 fully saturated rings. The number of rotatable bonds is 8. The summed E-state index contributed by atoms with van der Waals surface area (Å²) in [5.41, 5.74) is 2.72. The summed E-state index contributed by atoms with van der Waals surface area (Å²) in [6, 6.07) is 15.2. The number of furan rings is 1. The molecule has 2 heterocycles. The van der Waals surface area contributed by atoms with Crippen LogP contribution in [-0.4, -0.2) is 26.4 Å². The van der Waals surface area contributed by atoms with Crippen LogP contribution in [0.5, 0.6) is 0 Å². The number of carbonyl (C=O) groups excluding carboxylic acids is 1. The highest BCUT2D eigenvalue weighted by atomic mass is 35.5. The van der Waals surface area contributed by atoms with Gasteiger partial charge in [-0.2, -0.15) is 0 Å². The van der Waals surface area contributed by atoms with E-state index in [0.29, 0.717) is 34.2 Å². The van der Waals surface area contributed by atoms with Crippen molar-refractivity contribution < 1.29 is 9.21 Å². The predicted octanol–water partition coefficient (Wildman–Crippen LogP) is 6.38. The highest BCUT2D eigenvalue weighted by Crippen LogP contribution is 2.31. The molecule has 0 unspecified atom stereocenters. The molecule has 1 amide bonds. The Labute approximate surface area is 195 Å². The van der Waals surface area contributed by atoms with Crippen molar-refractivity contribution in [3.63, 3.8) is 0 Å². The lowest BCUT2D eigenvalue weighted by Gasteiger charge is -2.09. The van der Waals surface area contributed by atoms with Crippen LogP contribution in [0.3, 0.4) is 0 Å². The van der Waals surface area contributed by atoms with Crippen LogP contribution in [0.25, 0.3) is 22.6 Å². The van der Waals surface area contributed by atoms with Crippen LogP contribution in [0.1, 0.15) is 25.3 Å². The third-order valence-electron chi connectivity index (χ3n) is 4.92. The molecule has 0 radical (unpaired) electrons. The summed E-state index contributed by atoms with van der Waals surface area (Å²) in [7, 11) is 0. The molecule has 4 rings (SSSR count). The summed E-state index contributed by atoms with van der Waals surface area (Å²) in [5.74, 6) is 1.70. The van der Waals surface area contributed by atoms with Gasteiger partial charge in [0.25, 0.3) is 0 Å². The average molecular weight is 467 g/mol. The minimum Gasteiger partial charge on any atom is -0.453 e. The van der Waals surface area contributed by atoms with E-state index in [1.807, 2.05) is 47.0 Å². The standard InChI is InChI=1S/C24H23ClN4O2S/c1-4-11-29-23(21-13-17-12-18(25)7-10-20(17)31-21)27-28-24(29)32-14-22(30)26-19-8-5-16(6-9-19)15(2)3/h4-10,12-13,15H,1,11,14H2,2-3H3,(H,26,30). The predicted molar refractivity (Wildman–Crippen MR) is 130 cm³/mol. The minimum absolute atomic E-state index is 0.111. The number of benzene rings is 2. The van der Waals surface area contributed by atoms with Gasteiger partial charge in [0.05, 0.1) is 5.75 Å². The zero-order valence-corrected chi connectivity index (χ0v) is 19.4. The van der Waals surface area contributed by atoms with Crippen molar-refractivity contribution in [3.8, 4) is 11.6 Å². The Morgan fingerprint density at radius 2 is 2.00 bits per heavy atom. The first-order chi connectivity index (χ1) is 15.4. The third-order valence-corrected chi connectivity index (χ3v) is 6.12. The van der Waals surface area contributed by atoms with Gasteiger partial charge in [0.2, 0.25) is 11.7 Å². The lowest BCUT2D eigenvalue weighted by Crippen LogP contribution is -2.14. The van der Waals surface area contributed by atoms with Crippen LogP contribution >= 0.6 is 23.4 Å². The van der Waals surface area contributed by atoms with E-state index in [9.17, 15) is 4.79 Å². The Morgan fingerprint density at radius 3 is 2.72 bits per heavy atom. The van der Waals surface area contributed by atoms with E-state index in [1.54, 1.807) is 12.1 Å². The van der Waals surface area contributed by atoms with Gasteiger partial charge in [0, 0.05) is 22.6 Å². The maximum absolute atomic E-state index is 12.5. The van der Waals surface area contributed by atoms with E-state index >= 15 is 0 Å². The van der Waals surface area contributed by atoms with E-state index in [-0.39, 0.29) is 11.7 Å². The van der Waals surface area contributed by atoms with E-state index in [0.717, 1.165) is 16.7 Å². The number of halogens is 1. The fraction of sp³-hybridized carbons (Fsp3) is 0.208. The molecular formula is C24H23ClN4O2S. The highest BCUT2D eigenvalue weighted by Gasteiger charge is 2.18. The molecule has 8 heteroatoms. The Kier molecular flexibility index (Phi) is 6.67. The molecular weight excluding hydrogens is 444 g/mol. The number of anilines is 1. The van der Waals surface area contributed by atoms with E-state index < -0.39 is 0 Å². The number of thioether (sulfide) groups is 1. The molecule has 0 aliphatic heterocycles. The molecule has 32 heavy (non-hydrogen) atoms. The number of nitrogens with one attached hydrogen (secondary N) is 1. The van der Waals surface area contributed by atoms with Crippen LogP contribution in [0.2, 0.25) is 5.02 Å². The lowest BCUT2D eigenvalue weighted by molar-refractivity contribution is -0.113.